The molecule has 1 aromatic heterocycles. The van der Waals surface area contributed by atoms with Gasteiger partial charge in [0, 0.05) is 28.5 Å². The van der Waals surface area contributed by atoms with Gasteiger partial charge in [0.25, 0.3) is 3.90 Å². The van der Waals surface area contributed by atoms with Gasteiger partial charge in [-0.1, -0.05) is 30.3 Å². The van der Waals surface area contributed by atoms with Crippen molar-refractivity contribution in [3.63, 3.8) is 0 Å². The lowest BCUT2D eigenvalue weighted by molar-refractivity contribution is 0.469. The van der Waals surface area contributed by atoms with E-state index in [4.69, 9.17) is 4.42 Å². The van der Waals surface area contributed by atoms with E-state index in [-0.39, 0.29) is 0 Å². The average molecular weight is 312 g/mol. The smallest absolute Gasteiger partial charge is 0.278 e. The molecule has 15 heavy (non-hydrogen) atoms. The average Bonchev–Trinajstić information content (AvgIpc) is 2.96. The zero-order chi connectivity index (χ0) is 10.3. The summed E-state index contributed by atoms with van der Waals surface area (Å²) in [5.74, 6) is 1.79. The molecule has 2 unspecified atom stereocenters. The molecule has 1 fully saturated rings. The summed E-state index contributed by atoms with van der Waals surface area (Å²) in [6.45, 7) is 0. The predicted octanol–water partition coefficient (Wildman–Crippen LogP) is 2.95. The third-order valence-electron chi connectivity index (χ3n) is 2.75. The Morgan fingerprint density at radius 1 is 1.13 bits per heavy atom. The van der Waals surface area contributed by atoms with Crippen LogP contribution in [0.1, 0.15) is 29.7 Å². The fourth-order valence-electron chi connectivity index (χ4n) is 1.90. The van der Waals surface area contributed by atoms with Crippen LogP contribution in [0.2, 0.25) is 0 Å². The summed E-state index contributed by atoms with van der Waals surface area (Å²) in [5.41, 5.74) is 1.37. The third-order valence-corrected chi connectivity index (χ3v) is 3.19. The van der Waals surface area contributed by atoms with Crippen molar-refractivity contribution >= 4 is 22.6 Å². The van der Waals surface area contributed by atoms with E-state index in [1.54, 1.807) is 0 Å². The Kier molecular flexibility index (Phi) is 2.23. The van der Waals surface area contributed by atoms with Gasteiger partial charge in [0.1, 0.15) is 0 Å². The fourth-order valence-corrected chi connectivity index (χ4v) is 2.24. The van der Waals surface area contributed by atoms with E-state index in [9.17, 15) is 0 Å². The number of aromatic nitrogens is 2. The van der Waals surface area contributed by atoms with Crippen LogP contribution in [-0.4, -0.2) is 10.2 Å². The minimum absolute atomic E-state index is 0.434. The second-order valence-corrected chi connectivity index (χ2v) is 4.68. The topological polar surface area (TPSA) is 38.9 Å². The van der Waals surface area contributed by atoms with E-state index in [1.807, 2.05) is 28.7 Å². The van der Waals surface area contributed by atoms with Crippen LogP contribution in [0.5, 0.6) is 0 Å². The molecule has 3 nitrogen and oxygen atoms in total. The number of benzene rings is 1. The molecule has 1 saturated carbocycles. The standard InChI is InChI=1S/C11H9IN2O/c12-11-14-13-10(15-11)9-6-8(9)7-4-2-1-3-5-7/h1-5,8-9H,6H2. The summed E-state index contributed by atoms with van der Waals surface area (Å²) < 4.78 is 6.05. The zero-order valence-electron chi connectivity index (χ0n) is 7.93. The first-order valence-corrected chi connectivity index (χ1v) is 5.96. The molecule has 76 valence electrons. The van der Waals surface area contributed by atoms with Crippen molar-refractivity contribution in [1.29, 1.82) is 0 Å². The van der Waals surface area contributed by atoms with Gasteiger partial charge in [-0.2, -0.15) is 0 Å². The van der Waals surface area contributed by atoms with Gasteiger partial charge in [0.2, 0.25) is 5.89 Å². The molecule has 1 aliphatic rings. The molecule has 0 radical (unpaired) electrons. The Morgan fingerprint density at radius 3 is 2.60 bits per heavy atom. The summed E-state index contributed by atoms with van der Waals surface area (Å²) in [7, 11) is 0. The van der Waals surface area contributed by atoms with Crippen LogP contribution in [0.4, 0.5) is 0 Å². The van der Waals surface area contributed by atoms with Crippen molar-refractivity contribution in [2.75, 3.05) is 0 Å². The zero-order valence-corrected chi connectivity index (χ0v) is 10.1. The number of nitrogens with zero attached hydrogens (tertiary/aromatic N) is 2. The van der Waals surface area contributed by atoms with E-state index in [0.717, 1.165) is 12.3 Å². The van der Waals surface area contributed by atoms with Crippen LogP contribution >= 0.6 is 22.6 Å². The lowest BCUT2D eigenvalue weighted by atomic mass is 10.1. The normalized spacial score (nSPS) is 24.1. The molecule has 3 rings (SSSR count). The van der Waals surface area contributed by atoms with Crippen molar-refractivity contribution in [3.05, 3.63) is 45.7 Å². The van der Waals surface area contributed by atoms with Gasteiger partial charge in [0.05, 0.1) is 0 Å². The quantitative estimate of drug-likeness (QED) is 0.800. The first kappa shape index (κ1) is 9.33. The Labute approximate surface area is 101 Å². The molecule has 2 aromatic rings. The molecule has 0 spiro atoms. The SMILES string of the molecule is Ic1nnc(C2CC2c2ccccc2)o1. The highest BCUT2D eigenvalue weighted by Crippen LogP contribution is 2.53. The molecule has 1 heterocycles. The molecule has 0 amide bonds. The van der Waals surface area contributed by atoms with Gasteiger partial charge in [-0.25, -0.2) is 0 Å². The Bertz CT molecular complexity index is 468. The fraction of sp³-hybridized carbons (Fsp3) is 0.273. The highest BCUT2D eigenvalue weighted by molar-refractivity contribution is 14.1. The van der Waals surface area contributed by atoms with Crippen molar-refractivity contribution in [1.82, 2.24) is 10.2 Å². The maximum Gasteiger partial charge on any atom is 0.278 e. The van der Waals surface area contributed by atoms with Gasteiger partial charge >= 0.3 is 0 Å². The molecule has 0 saturated heterocycles. The molecule has 1 aromatic carbocycles. The minimum Gasteiger partial charge on any atom is -0.416 e. The van der Waals surface area contributed by atoms with Gasteiger partial charge in [-0.15, -0.1) is 10.2 Å². The molecule has 1 aliphatic carbocycles. The van der Waals surface area contributed by atoms with Gasteiger partial charge in [-0.3, -0.25) is 0 Å². The Morgan fingerprint density at radius 2 is 1.93 bits per heavy atom. The van der Waals surface area contributed by atoms with E-state index in [0.29, 0.717) is 15.7 Å². The highest BCUT2D eigenvalue weighted by Gasteiger charge is 2.43. The summed E-state index contributed by atoms with van der Waals surface area (Å²) in [6, 6.07) is 10.5. The van der Waals surface area contributed by atoms with Crippen LogP contribution in [0.3, 0.4) is 0 Å². The molecule has 2 atom stereocenters. The van der Waals surface area contributed by atoms with Crippen molar-refractivity contribution in [3.8, 4) is 0 Å². The first-order chi connectivity index (χ1) is 7.34. The monoisotopic (exact) mass is 312 g/mol. The van der Waals surface area contributed by atoms with Gasteiger partial charge in [0.15, 0.2) is 0 Å². The second-order valence-electron chi connectivity index (χ2n) is 3.75. The summed E-state index contributed by atoms with van der Waals surface area (Å²) in [5, 5.41) is 7.91. The number of rotatable bonds is 2. The van der Waals surface area contributed by atoms with Gasteiger partial charge < -0.3 is 4.42 Å². The maximum atomic E-state index is 5.42. The van der Waals surface area contributed by atoms with Gasteiger partial charge in [-0.05, 0) is 17.9 Å². The summed E-state index contributed by atoms with van der Waals surface area (Å²) >= 11 is 2.04. The second kappa shape index (κ2) is 3.59. The van der Waals surface area contributed by atoms with Crippen LogP contribution in [0.25, 0.3) is 0 Å². The molecule has 0 aliphatic heterocycles. The lowest BCUT2D eigenvalue weighted by Crippen LogP contribution is -1.84. The Hall–Kier alpha value is -0.910. The van der Waals surface area contributed by atoms with Crippen molar-refractivity contribution in [2.24, 2.45) is 0 Å². The van der Waals surface area contributed by atoms with E-state index in [1.165, 1.54) is 5.56 Å². The van der Waals surface area contributed by atoms with Crippen LogP contribution < -0.4 is 0 Å². The first-order valence-electron chi connectivity index (χ1n) is 4.88. The minimum atomic E-state index is 0.434. The number of hydrogen-bond acceptors (Lipinski definition) is 3. The highest BCUT2D eigenvalue weighted by atomic mass is 127. The maximum absolute atomic E-state index is 5.42. The Balaban J connectivity index is 1.80. The number of halogens is 1. The molecule has 0 N–H and O–H groups in total. The van der Waals surface area contributed by atoms with E-state index in [2.05, 4.69) is 34.5 Å². The molecule has 4 heteroatoms. The molecular formula is C11H9IN2O. The molecular weight excluding hydrogens is 303 g/mol. The number of hydrogen-bond donors (Lipinski definition) is 0. The van der Waals surface area contributed by atoms with Crippen LogP contribution in [0, 0.1) is 3.90 Å². The largest absolute Gasteiger partial charge is 0.416 e. The van der Waals surface area contributed by atoms with Crippen molar-refractivity contribution in [2.45, 2.75) is 18.3 Å². The summed E-state index contributed by atoms with van der Waals surface area (Å²) in [4.78, 5) is 0. The van der Waals surface area contributed by atoms with Crippen LogP contribution in [-0.2, 0) is 0 Å². The lowest BCUT2D eigenvalue weighted by Gasteiger charge is -1.96. The van der Waals surface area contributed by atoms with E-state index >= 15 is 0 Å². The van der Waals surface area contributed by atoms with E-state index < -0.39 is 0 Å². The molecule has 0 bridgehead atoms. The predicted molar refractivity (Wildman–Crippen MR) is 63.6 cm³/mol. The summed E-state index contributed by atoms with van der Waals surface area (Å²) in [6.07, 6.45) is 1.13. The van der Waals surface area contributed by atoms with Crippen LogP contribution in [0.15, 0.2) is 34.7 Å². The van der Waals surface area contributed by atoms with Crippen molar-refractivity contribution < 1.29 is 4.42 Å². The third kappa shape index (κ3) is 1.78.